The van der Waals surface area contributed by atoms with Crippen LogP contribution in [0.4, 0.5) is 5.69 Å². The maximum absolute atomic E-state index is 12.3. The van der Waals surface area contributed by atoms with Crippen molar-refractivity contribution in [1.82, 2.24) is 10.2 Å². The van der Waals surface area contributed by atoms with Crippen LogP contribution in [0.25, 0.3) is 0 Å². The third kappa shape index (κ3) is 3.77. The number of carbonyl (C=O) groups is 1. The van der Waals surface area contributed by atoms with Crippen molar-refractivity contribution < 1.29 is 4.79 Å². The number of nitrogens with two attached hydrogens (primary N) is 1. The van der Waals surface area contributed by atoms with Crippen molar-refractivity contribution in [3.63, 3.8) is 0 Å². The number of amides is 1. The highest BCUT2D eigenvalue weighted by Crippen LogP contribution is 2.31. The second-order valence-corrected chi connectivity index (χ2v) is 6.95. The number of hydrogen-bond acceptors (Lipinski definition) is 3. The lowest BCUT2D eigenvalue weighted by Crippen LogP contribution is -2.53. The van der Waals surface area contributed by atoms with Gasteiger partial charge in [-0.15, -0.1) is 0 Å². The van der Waals surface area contributed by atoms with E-state index in [1.807, 2.05) is 0 Å². The van der Waals surface area contributed by atoms with E-state index in [2.05, 4.69) is 40.2 Å². The molecular formula is C16H24BrN3O. The van der Waals surface area contributed by atoms with E-state index < -0.39 is 0 Å². The number of hydrogen-bond donors (Lipinski definition) is 2. The molecule has 21 heavy (non-hydrogen) atoms. The zero-order valence-corrected chi connectivity index (χ0v) is 14.4. The number of halogens is 1. The first-order valence-electron chi connectivity index (χ1n) is 7.45. The summed E-state index contributed by atoms with van der Waals surface area (Å²) in [4.78, 5) is 14.6. The van der Waals surface area contributed by atoms with Crippen molar-refractivity contribution in [3.05, 3.63) is 28.2 Å². The zero-order valence-electron chi connectivity index (χ0n) is 12.8. The first-order valence-corrected chi connectivity index (χ1v) is 8.25. The second kappa shape index (κ2) is 6.79. The summed E-state index contributed by atoms with van der Waals surface area (Å²) in [6, 6.07) is 5.29. The standard InChI is InChI=1S/C16H24BrN3O/c1-20(2)16(8-4-3-5-9-16)11-19-15(21)12-6-7-14(18)13(17)10-12/h6-7,10H,3-5,8-9,11,18H2,1-2H3,(H,19,21). The number of likely N-dealkylation sites (N-methyl/N-ethyl adjacent to an activating group) is 1. The fourth-order valence-electron chi connectivity index (χ4n) is 3.01. The molecule has 0 radical (unpaired) electrons. The minimum absolute atomic E-state index is 0.0394. The predicted molar refractivity (Wildman–Crippen MR) is 90.4 cm³/mol. The number of nitrogen functional groups attached to an aromatic ring is 1. The number of benzene rings is 1. The lowest BCUT2D eigenvalue weighted by Gasteiger charge is -2.43. The molecule has 0 unspecified atom stereocenters. The van der Waals surface area contributed by atoms with Crippen LogP contribution in [0.2, 0.25) is 0 Å². The van der Waals surface area contributed by atoms with Gasteiger partial charge in [-0.05, 0) is 61.1 Å². The largest absolute Gasteiger partial charge is 0.398 e. The molecule has 0 atom stereocenters. The average molecular weight is 354 g/mol. The number of rotatable bonds is 4. The van der Waals surface area contributed by atoms with Gasteiger partial charge in [-0.25, -0.2) is 0 Å². The van der Waals surface area contributed by atoms with E-state index in [4.69, 9.17) is 5.73 Å². The van der Waals surface area contributed by atoms with Gasteiger partial charge < -0.3 is 16.0 Å². The van der Waals surface area contributed by atoms with Crippen molar-refractivity contribution in [1.29, 1.82) is 0 Å². The van der Waals surface area contributed by atoms with Gasteiger partial charge in [0, 0.05) is 27.8 Å². The third-order valence-electron chi connectivity index (χ3n) is 4.57. The Bertz CT molecular complexity index is 510. The van der Waals surface area contributed by atoms with Gasteiger partial charge in [0.25, 0.3) is 5.91 Å². The minimum Gasteiger partial charge on any atom is -0.398 e. The van der Waals surface area contributed by atoms with Gasteiger partial charge >= 0.3 is 0 Å². The summed E-state index contributed by atoms with van der Waals surface area (Å²) in [5.74, 6) is -0.0394. The Balaban J connectivity index is 2.03. The van der Waals surface area contributed by atoms with Gasteiger partial charge in [0.1, 0.15) is 0 Å². The minimum atomic E-state index is -0.0394. The number of nitrogens with one attached hydrogen (secondary N) is 1. The topological polar surface area (TPSA) is 58.4 Å². The fraction of sp³-hybridized carbons (Fsp3) is 0.562. The van der Waals surface area contributed by atoms with E-state index in [0.717, 1.165) is 17.3 Å². The van der Waals surface area contributed by atoms with E-state index in [0.29, 0.717) is 17.8 Å². The molecule has 0 saturated heterocycles. The number of nitrogens with zero attached hydrogens (tertiary/aromatic N) is 1. The summed E-state index contributed by atoms with van der Waals surface area (Å²) >= 11 is 3.36. The Labute approximate surface area is 135 Å². The van der Waals surface area contributed by atoms with Crippen LogP contribution in [0.15, 0.2) is 22.7 Å². The molecule has 1 fully saturated rings. The molecule has 2 rings (SSSR count). The summed E-state index contributed by atoms with van der Waals surface area (Å²) in [5.41, 5.74) is 7.13. The van der Waals surface area contributed by atoms with Crippen LogP contribution in [-0.2, 0) is 0 Å². The summed E-state index contributed by atoms with van der Waals surface area (Å²) in [7, 11) is 4.22. The van der Waals surface area contributed by atoms with Gasteiger partial charge in [0.15, 0.2) is 0 Å². The molecule has 5 heteroatoms. The molecule has 1 aliphatic rings. The highest BCUT2D eigenvalue weighted by Gasteiger charge is 2.34. The molecule has 0 aromatic heterocycles. The van der Waals surface area contributed by atoms with Crippen LogP contribution >= 0.6 is 15.9 Å². The van der Waals surface area contributed by atoms with Gasteiger partial charge in [-0.3, -0.25) is 4.79 Å². The first kappa shape index (κ1) is 16.3. The molecule has 116 valence electrons. The van der Waals surface area contributed by atoms with E-state index in [1.54, 1.807) is 18.2 Å². The summed E-state index contributed by atoms with van der Waals surface area (Å²) in [6.45, 7) is 0.695. The van der Waals surface area contributed by atoms with Crippen molar-refractivity contribution in [3.8, 4) is 0 Å². The maximum Gasteiger partial charge on any atom is 0.251 e. The molecular weight excluding hydrogens is 330 g/mol. The summed E-state index contributed by atoms with van der Waals surface area (Å²) < 4.78 is 0.759. The van der Waals surface area contributed by atoms with Crippen molar-refractivity contribution in [2.45, 2.75) is 37.6 Å². The molecule has 0 spiro atoms. The normalized spacial score (nSPS) is 17.7. The van der Waals surface area contributed by atoms with Crippen LogP contribution in [0.3, 0.4) is 0 Å². The lowest BCUT2D eigenvalue weighted by molar-refractivity contribution is 0.0799. The van der Waals surface area contributed by atoms with Crippen molar-refractivity contribution >= 4 is 27.5 Å². The van der Waals surface area contributed by atoms with Crippen LogP contribution in [-0.4, -0.2) is 37.0 Å². The fourth-order valence-corrected chi connectivity index (χ4v) is 3.39. The highest BCUT2D eigenvalue weighted by atomic mass is 79.9. The monoisotopic (exact) mass is 353 g/mol. The van der Waals surface area contributed by atoms with Crippen LogP contribution < -0.4 is 11.1 Å². The molecule has 3 N–H and O–H groups in total. The van der Waals surface area contributed by atoms with Gasteiger partial charge in [-0.1, -0.05) is 19.3 Å². The van der Waals surface area contributed by atoms with Gasteiger partial charge in [-0.2, -0.15) is 0 Å². The molecule has 4 nitrogen and oxygen atoms in total. The molecule has 0 heterocycles. The third-order valence-corrected chi connectivity index (χ3v) is 5.26. The molecule has 1 aromatic rings. The average Bonchev–Trinajstić information content (AvgIpc) is 2.48. The second-order valence-electron chi connectivity index (χ2n) is 6.10. The smallest absolute Gasteiger partial charge is 0.251 e. The van der Waals surface area contributed by atoms with E-state index in [1.165, 1.54) is 19.3 Å². The van der Waals surface area contributed by atoms with Crippen molar-refractivity contribution in [2.75, 3.05) is 26.4 Å². The molecule has 1 aliphatic carbocycles. The Morgan fingerprint density at radius 3 is 2.57 bits per heavy atom. The predicted octanol–water partition coefficient (Wildman–Crippen LogP) is 3.03. The van der Waals surface area contributed by atoms with Gasteiger partial charge in [0.05, 0.1) is 0 Å². The zero-order chi connectivity index (χ0) is 15.5. The lowest BCUT2D eigenvalue weighted by atomic mass is 9.80. The summed E-state index contributed by atoms with van der Waals surface area (Å²) in [6.07, 6.45) is 6.06. The molecule has 1 aromatic carbocycles. The quantitative estimate of drug-likeness (QED) is 0.818. The Hall–Kier alpha value is -1.07. The number of carbonyl (C=O) groups excluding carboxylic acids is 1. The van der Waals surface area contributed by atoms with E-state index >= 15 is 0 Å². The van der Waals surface area contributed by atoms with Crippen molar-refractivity contribution in [2.24, 2.45) is 0 Å². The van der Waals surface area contributed by atoms with E-state index in [9.17, 15) is 4.79 Å². The molecule has 1 amide bonds. The summed E-state index contributed by atoms with van der Waals surface area (Å²) in [5, 5.41) is 3.10. The number of anilines is 1. The highest BCUT2D eigenvalue weighted by molar-refractivity contribution is 9.10. The maximum atomic E-state index is 12.3. The van der Waals surface area contributed by atoms with Gasteiger partial charge in [0.2, 0.25) is 0 Å². The Kier molecular flexibility index (Phi) is 5.27. The SMILES string of the molecule is CN(C)C1(CNC(=O)c2ccc(N)c(Br)c2)CCCCC1. The van der Waals surface area contributed by atoms with Crippen LogP contribution in [0, 0.1) is 0 Å². The Morgan fingerprint density at radius 1 is 1.33 bits per heavy atom. The van der Waals surface area contributed by atoms with Crippen LogP contribution in [0.1, 0.15) is 42.5 Å². The van der Waals surface area contributed by atoms with E-state index in [-0.39, 0.29) is 11.4 Å². The molecule has 1 saturated carbocycles. The molecule has 0 aliphatic heterocycles. The Morgan fingerprint density at radius 2 is 2.00 bits per heavy atom. The van der Waals surface area contributed by atoms with Crippen LogP contribution in [0.5, 0.6) is 0 Å². The molecule has 0 bridgehead atoms. The first-order chi connectivity index (χ1) is 9.94.